The first kappa shape index (κ1) is 24.0. The van der Waals surface area contributed by atoms with Crippen LogP contribution in [-0.4, -0.2) is 33.5 Å². The van der Waals surface area contributed by atoms with Gasteiger partial charge in [0.05, 0.1) is 30.0 Å². The van der Waals surface area contributed by atoms with Crippen LogP contribution in [0.15, 0.2) is 66.9 Å². The quantitative estimate of drug-likeness (QED) is 0.362. The Morgan fingerprint density at radius 3 is 2.31 bits per heavy atom. The number of fused-ring (bicyclic) bond motifs is 1. The van der Waals surface area contributed by atoms with Crippen molar-refractivity contribution in [3.05, 3.63) is 89.2 Å². The summed E-state index contributed by atoms with van der Waals surface area (Å²) in [6.07, 6.45) is 1.06. The number of esters is 1. The van der Waals surface area contributed by atoms with E-state index in [2.05, 4.69) is 4.98 Å². The van der Waals surface area contributed by atoms with Gasteiger partial charge in [0.15, 0.2) is 6.10 Å². The van der Waals surface area contributed by atoms with Crippen molar-refractivity contribution in [2.45, 2.75) is 33.8 Å². The Kier molecular flexibility index (Phi) is 6.35. The fraction of sp³-hybridized carbons (Fsp3) is 0.250. The van der Waals surface area contributed by atoms with Gasteiger partial charge < -0.3 is 14.6 Å². The Morgan fingerprint density at radius 1 is 1.00 bits per heavy atom. The third kappa shape index (κ3) is 4.75. The summed E-state index contributed by atoms with van der Waals surface area (Å²) >= 11 is 0. The topological polar surface area (TPSA) is 90.1 Å². The van der Waals surface area contributed by atoms with Crippen molar-refractivity contribution in [1.82, 2.24) is 9.38 Å². The normalized spacial score (nSPS) is 12.4. The van der Waals surface area contributed by atoms with Crippen LogP contribution in [-0.2, 0) is 9.53 Å². The SMILES string of the molecule is COc1cn2c([C@H](OC(=O)C(C)(C)C)c3ccc(-c4ccccc4C(=O)O)cc3)ccc(C)c2n1. The van der Waals surface area contributed by atoms with E-state index in [1.54, 1.807) is 37.6 Å². The molecule has 0 aliphatic rings. The first-order valence-electron chi connectivity index (χ1n) is 11.3. The Labute approximate surface area is 204 Å². The van der Waals surface area contributed by atoms with Crippen molar-refractivity contribution < 1.29 is 24.2 Å². The van der Waals surface area contributed by atoms with E-state index in [9.17, 15) is 14.7 Å². The summed E-state index contributed by atoms with van der Waals surface area (Å²) in [5.41, 5.74) is 4.03. The molecular formula is C28H28N2O5. The number of carbonyl (C=O) groups excluding carboxylic acids is 1. The third-order valence-corrected chi connectivity index (χ3v) is 5.82. The second kappa shape index (κ2) is 9.25. The fourth-order valence-corrected chi connectivity index (χ4v) is 3.85. The van der Waals surface area contributed by atoms with Crippen LogP contribution in [0.25, 0.3) is 16.8 Å². The second-order valence-electron chi connectivity index (χ2n) is 9.43. The number of carboxylic acids is 1. The number of hydrogen-bond donors (Lipinski definition) is 1. The standard InChI is InChI=1S/C28H28N2O5/c1-17-10-15-22(30-16-23(34-5)29-25(17)30)24(35-27(33)28(2,3)4)19-13-11-18(12-14-19)20-8-6-7-9-21(20)26(31)32/h6-16,24H,1-5H3,(H,31,32)/t24-/m1/s1. The lowest BCUT2D eigenvalue weighted by molar-refractivity contribution is -0.157. The molecule has 4 aromatic rings. The van der Waals surface area contributed by atoms with Gasteiger partial charge in [-0.25, -0.2) is 4.79 Å². The number of carbonyl (C=O) groups is 2. The molecule has 35 heavy (non-hydrogen) atoms. The van der Waals surface area contributed by atoms with E-state index in [1.165, 1.54) is 0 Å². The van der Waals surface area contributed by atoms with Crippen molar-refractivity contribution in [3.63, 3.8) is 0 Å². The van der Waals surface area contributed by atoms with Crippen LogP contribution in [0.3, 0.4) is 0 Å². The number of carboxylic acid groups (broad SMARTS) is 1. The maximum Gasteiger partial charge on any atom is 0.336 e. The van der Waals surface area contributed by atoms with Crippen LogP contribution >= 0.6 is 0 Å². The van der Waals surface area contributed by atoms with Crippen LogP contribution in [0.5, 0.6) is 5.88 Å². The highest BCUT2D eigenvalue weighted by Gasteiger charge is 2.30. The number of nitrogens with zero attached hydrogens (tertiary/aromatic N) is 2. The number of pyridine rings is 1. The summed E-state index contributed by atoms with van der Waals surface area (Å²) in [6, 6.07) is 18.1. The lowest BCUT2D eigenvalue weighted by Gasteiger charge is -2.25. The molecule has 0 aliphatic heterocycles. The first-order chi connectivity index (χ1) is 16.6. The number of ether oxygens (including phenoxy) is 2. The molecule has 0 spiro atoms. The summed E-state index contributed by atoms with van der Waals surface area (Å²) in [5, 5.41) is 9.56. The summed E-state index contributed by atoms with van der Waals surface area (Å²) in [4.78, 5) is 29.1. The van der Waals surface area contributed by atoms with E-state index in [0.29, 0.717) is 17.1 Å². The lowest BCUT2D eigenvalue weighted by atomic mass is 9.95. The minimum absolute atomic E-state index is 0.224. The molecular weight excluding hydrogens is 444 g/mol. The number of methoxy groups -OCH3 is 1. The minimum atomic E-state index is -0.988. The Bertz CT molecular complexity index is 1400. The predicted octanol–water partition coefficient (Wildman–Crippen LogP) is 5.70. The molecule has 0 aliphatic carbocycles. The van der Waals surface area contributed by atoms with Crippen molar-refractivity contribution in [3.8, 4) is 17.0 Å². The number of rotatable bonds is 6. The van der Waals surface area contributed by atoms with E-state index in [-0.39, 0.29) is 11.5 Å². The average molecular weight is 473 g/mol. The molecule has 1 atom stereocenters. The monoisotopic (exact) mass is 472 g/mol. The molecule has 2 aromatic carbocycles. The fourth-order valence-electron chi connectivity index (χ4n) is 3.85. The molecule has 7 heteroatoms. The number of hydrogen-bond acceptors (Lipinski definition) is 5. The number of aromatic nitrogens is 2. The van der Waals surface area contributed by atoms with Crippen molar-refractivity contribution in [2.75, 3.05) is 7.11 Å². The molecule has 2 heterocycles. The molecule has 0 bridgehead atoms. The Balaban J connectivity index is 1.83. The third-order valence-electron chi connectivity index (χ3n) is 5.82. The smallest absolute Gasteiger partial charge is 0.336 e. The van der Waals surface area contributed by atoms with Crippen LogP contribution < -0.4 is 4.74 Å². The van der Waals surface area contributed by atoms with Crippen molar-refractivity contribution in [2.24, 2.45) is 5.41 Å². The second-order valence-corrected chi connectivity index (χ2v) is 9.43. The first-order valence-corrected chi connectivity index (χ1v) is 11.3. The number of aromatic carboxylic acids is 1. The van der Waals surface area contributed by atoms with E-state index >= 15 is 0 Å². The van der Waals surface area contributed by atoms with Gasteiger partial charge in [0.1, 0.15) is 5.65 Å². The molecule has 1 N–H and O–H groups in total. The van der Waals surface area contributed by atoms with Crippen LogP contribution in [0.1, 0.15) is 54.1 Å². The molecule has 0 saturated heterocycles. The molecule has 0 unspecified atom stereocenters. The summed E-state index contributed by atoms with van der Waals surface area (Å²) in [5.74, 6) is -0.872. The van der Waals surface area contributed by atoms with Gasteiger partial charge >= 0.3 is 11.9 Å². The minimum Gasteiger partial charge on any atom is -0.480 e. The van der Waals surface area contributed by atoms with Gasteiger partial charge in [0.25, 0.3) is 0 Å². The van der Waals surface area contributed by atoms with Gasteiger partial charge in [0, 0.05) is 0 Å². The van der Waals surface area contributed by atoms with Gasteiger partial charge in [-0.2, -0.15) is 4.98 Å². The van der Waals surface area contributed by atoms with Crippen LogP contribution in [0.2, 0.25) is 0 Å². The molecule has 2 aromatic heterocycles. The molecule has 7 nitrogen and oxygen atoms in total. The van der Waals surface area contributed by atoms with Gasteiger partial charge in [-0.3, -0.25) is 9.20 Å². The molecule has 0 radical (unpaired) electrons. The van der Waals surface area contributed by atoms with Gasteiger partial charge in [-0.1, -0.05) is 48.5 Å². The molecule has 0 fully saturated rings. The zero-order valence-electron chi connectivity index (χ0n) is 20.4. The van der Waals surface area contributed by atoms with E-state index in [1.807, 2.05) is 68.5 Å². The maximum absolute atomic E-state index is 13.0. The highest BCUT2D eigenvalue weighted by atomic mass is 16.5. The average Bonchev–Trinajstić information content (AvgIpc) is 3.28. The highest BCUT2D eigenvalue weighted by molar-refractivity contribution is 5.96. The molecule has 180 valence electrons. The van der Waals surface area contributed by atoms with Gasteiger partial charge in [0.2, 0.25) is 5.88 Å². The van der Waals surface area contributed by atoms with Crippen molar-refractivity contribution in [1.29, 1.82) is 0 Å². The highest BCUT2D eigenvalue weighted by Crippen LogP contribution is 2.33. The number of benzene rings is 2. The summed E-state index contributed by atoms with van der Waals surface area (Å²) < 4.78 is 13.3. The largest absolute Gasteiger partial charge is 0.480 e. The molecule has 0 saturated carbocycles. The van der Waals surface area contributed by atoms with Gasteiger partial charge in [-0.05, 0) is 62.1 Å². The van der Waals surface area contributed by atoms with E-state index in [4.69, 9.17) is 9.47 Å². The van der Waals surface area contributed by atoms with E-state index in [0.717, 1.165) is 22.4 Å². The number of imidazole rings is 1. The molecule has 4 rings (SSSR count). The Morgan fingerprint density at radius 2 is 1.69 bits per heavy atom. The van der Waals surface area contributed by atoms with Gasteiger partial charge in [-0.15, -0.1) is 0 Å². The van der Waals surface area contributed by atoms with Crippen LogP contribution in [0.4, 0.5) is 0 Å². The number of aryl methyl sites for hydroxylation is 1. The van der Waals surface area contributed by atoms with E-state index < -0.39 is 17.5 Å². The maximum atomic E-state index is 13.0. The lowest BCUT2D eigenvalue weighted by Crippen LogP contribution is -2.26. The predicted molar refractivity (Wildman–Crippen MR) is 133 cm³/mol. The molecule has 0 amide bonds. The summed E-state index contributed by atoms with van der Waals surface area (Å²) in [6.45, 7) is 7.38. The van der Waals surface area contributed by atoms with Crippen molar-refractivity contribution >= 4 is 17.6 Å². The zero-order valence-corrected chi connectivity index (χ0v) is 20.4. The van der Waals surface area contributed by atoms with Crippen LogP contribution in [0, 0.1) is 12.3 Å². The zero-order chi connectivity index (χ0) is 25.3. The Hall–Kier alpha value is -4.13. The summed E-state index contributed by atoms with van der Waals surface area (Å²) in [7, 11) is 1.56.